The van der Waals surface area contributed by atoms with Gasteiger partial charge >= 0.3 is 0 Å². The average molecular weight is 667 g/mol. The van der Waals surface area contributed by atoms with Crippen molar-refractivity contribution in [2.75, 3.05) is 38.7 Å². The number of anilines is 1. The van der Waals surface area contributed by atoms with Crippen molar-refractivity contribution >= 4 is 50.7 Å². The molecule has 3 rings (SSSR count). The van der Waals surface area contributed by atoms with E-state index in [2.05, 4.69) is 5.32 Å². The van der Waals surface area contributed by atoms with Crippen LogP contribution in [0.5, 0.6) is 17.2 Å². The topological polar surface area (TPSA) is 114 Å². The van der Waals surface area contributed by atoms with Gasteiger partial charge in [0.2, 0.25) is 11.8 Å². The van der Waals surface area contributed by atoms with E-state index in [1.165, 1.54) is 56.6 Å². The van der Waals surface area contributed by atoms with Crippen LogP contribution in [0.4, 0.5) is 5.69 Å². The monoisotopic (exact) mass is 665 g/mol. The van der Waals surface area contributed by atoms with Gasteiger partial charge in [-0.25, -0.2) is 8.42 Å². The summed E-state index contributed by atoms with van der Waals surface area (Å²) in [7, 11) is -0.246. The number of nitrogens with one attached hydrogen (secondary N) is 1. The predicted molar refractivity (Wildman–Crippen MR) is 171 cm³/mol. The minimum Gasteiger partial charge on any atom is -0.495 e. The Morgan fingerprint density at radius 2 is 1.41 bits per heavy atom. The maximum Gasteiger partial charge on any atom is 0.265 e. The van der Waals surface area contributed by atoms with Crippen molar-refractivity contribution in [3.8, 4) is 17.2 Å². The van der Waals surface area contributed by atoms with Gasteiger partial charge in [-0.3, -0.25) is 13.9 Å². The molecule has 3 aromatic carbocycles. The molecule has 0 saturated carbocycles. The maximum atomic E-state index is 14.3. The number of carbonyl (C=O) groups is 2. The summed E-state index contributed by atoms with van der Waals surface area (Å²) in [6.07, 6.45) is 0. The lowest BCUT2D eigenvalue weighted by Gasteiger charge is -2.32. The summed E-state index contributed by atoms with van der Waals surface area (Å²) in [4.78, 5) is 28.5. The van der Waals surface area contributed by atoms with Crippen LogP contribution >= 0.6 is 23.2 Å². The first-order valence-electron chi connectivity index (χ1n) is 13.7. The third-order valence-electron chi connectivity index (χ3n) is 6.75. The van der Waals surface area contributed by atoms with E-state index < -0.39 is 28.5 Å². The molecule has 0 bridgehead atoms. The lowest BCUT2D eigenvalue weighted by Crippen LogP contribution is -2.51. The van der Waals surface area contributed by atoms with Gasteiger partial charge < -0.3 is 24.4 Å². The van der Waals surface area contributed by atoms with E-state index in [0.29, 0.717) is 22.9 Å². The molecule has 1 atom stereocenters. The molecular formula is C31H37Cl2N3O7S. The van der Waals surface area contributed by atoms with Crippen molar-refractivity contribution in [3.05, 3.63) is 76.3 Å². The lowest BCUT2D eigenvalue weighted by molar-refractivity contribution is -0.139. The van der Waals surface area contributed by atoms with Gasteiger partial charge in [-0.2, -0.15) is 0 Å². The van der Waals surface area contributed by atoms with Crippen molar-refractivity contribution in [2.24, 2.45) is 5.92 Å². The fourth-order valence-corrected chi connectivity index (χ4v) is 6.02. The zero-order chi connectivity index (χ0) is 32.6. The molecule has 0 heterocycles. The fraction of sp³-hybridized carbons (Fsp3) is 0.355. The Bertz CT molecular complexity index is 1570. The van der Waals surface area contributed by atoms with Crippen LogP contribution in [-0.4, -0.2) is 65.6 Å². The smallest absolute Gasteiger partial charge is 0.265 e. The number of ether oxygens (including phenoxy) is 3. The zero-order valence-corrected chi connectivity index (χ0v) is 27.8. The Morgan fingerprint density at radius 1 is 0.818 bits per heavy atom. The maximum absolute atomic E-state index is 14.3. The molecule has 238 valence electrons. The number of nitrogens with zero attached hydrogens (tertiary/aromatic N) is 2. The average Bonchev–Trinajstić information content (AvgIpc) is 3.01. The van der Waals surface area contributed by atoms with Crippen LogP contribution < -0.4 is 23.8 Å². The second kappa shape index (κ2) is 15.4. The van der Waals surface area contributed by atoms with Crippen molar-refractivity contribution in [1.29, 1.82) is 0 Å². The van der Waals surface area contributed by atoms with Crippen LogP contribution in [0.25, 0.3) is 0 Å². The number of methoxy groups -OCH3 is 3. The first kappa shape index (κ1) is 34.8. The second-order valence-corrected chi connectivity index (χ2v) is 13.0. The first-order chi connectivity index (χ1) is 20.8. The van der Waals surface area contributed by atoms with Gasteiger partial charge in [-0.15, -0.1) is 0 Å². The standard InChI is InChI=1S/C31H37Cl2N3O7S/c1-20(2)17-34-31(38)21(3)35(18-22-7-9-23(32)10-8-22)30(37)19-36(26-15-24(33)11-13-27(26)41-4)44(39,40)25-12-14-28(42-5)29(16-25)43-6/h7-16,20-21H,17-19H2,1-6H3,(H,34,38). The van der Waals surface area contributed by atoms with Crippen LogP contribution in [0.15, 0.2) is 65.6 Å². The first-order valence-corrected chi connectivity index (χ1v) is 15.9. The van der Waals surface area contributed by atoms with Crippen LogP contribution in [0.2, 0.25) is 10.0 Å². The van der Waals surface area contributed by atoms with Gasteiger partial charge in [-0.05, 0) is 60.9 Å². The van der Waals surface area contributed by atoms with Gasteiger partial charge in [0.25, 0.3) is 10.0 Å². The van der Waals surface area contributed by atoms with E-state index >= 15 is 0 Å². The van der Waals surface area contributed by atoms with Crippen LogP contribution in [-0.2, 0) is 26.2 Å². The number of rotatable bonds is 14. The highest BCUT2D eigenvalue weighted by Crippen LogP contribution is 2.37. The number of hydrogen-bond acceptors (Lipinski definition) is 7. The highest BCUT2D eigenvalue weighted by Gasteiger charge is 2.34. The molecule has 0 aliphatic rings. The summed E-state index contributed by atoms with van der Waals surface area (Å²) in [5, 5.41) is 3.58. The van der Waals surface area contributed by atoms with Crippen molar-refractivity contribution in [2.45, 2.75) is 38.3 Å². The second-order valence-electron chi connectivity index (χ2n) is 10.3. The van der Waals surface area contributed by atoms with Crippen LogP contribution in [0.1, 0.15) is 26.3 Å². The molecule has 0 radical (unpaired) electrons. The van der Waals surface area contributed by atoms with E-state index in [0.717, 1.165) is 4.31 Å². The molecule has 44 heavy (non-hydrogen) atoms. The number of sulfonamides is 1. The summed E-state index contributed by atoms with van der Waals surface area (Å²) >= 11 is 12.4. The molecule has 1 N–H and O–H groups in total. The largest absolute Gasteiger partial charge is 0.495 e. The Morgan fingerprint density at radius 3 is 2.00 bits per heavy atom. The Kier molecular flexibility index (Phi) is 12.2. The molecule has 1 unspecified atom stereocenters. The highest BCUT2D eigenvalue weighted by atomic mass is 35.5. The molecule has 13 heteroatoms. The minimum absolute atomic E-state index is 0.0171. The zero-order valence-electron chi connectivity index (χ0n) is 25.5. The van der Waals surface area contributed by atoms with Crippen LogP contribution in [0, 0.1) is 5.92 Å². The summed E-state index contributed by atoms with van der Waals surface area (Å²) in [6, 6.07) is 14.4. The quantitative estimate of drug-likeness (QED) is 0.245. The van der Waals surface area contributed by atoms with E-state index in [1.54, 1.807) is 37.3 Å². The molecule has 0 aromatic heterocycles. The normalized spacial score (nSPS) is 11.9. The minimum atomic E-state index is -4.44. The summed E-state index contributed by atoms with van der Waals surface area (Å²) in [6.45, 7) is 5.25. The van der Waals surface area contributed by atoms with E-state index in [-0.39, 0.29) is 45.5 Å². The highest BCUT2D eigenvalue weighted by molar-refractivity contribution is 7.92. The van der Waals surface area contributed by atoms with Crippen molar-refractivity contribution in [1.82, 2.24) is 10.2 Å². The van der Waals surface area contributed by atoms with Gasteiger partial charge in [-0.1, -0.05) is 49.2 Å². The molecule has 10 nitrogen and oxygen atoms in total. The van der Waals surface area contributed by atoms with Gasteiger partial charge in [0.15, 0.2) is 11.5 Å². The summed E-state index contributed by atoms with van der Waals surface area (Å²) < 4.78 is 45.5. The lowest BCUT2D eigenvalue weighted by atomic mass is 10.1. The van der Waals surface area contributed by atoms with Gasteiger partial charge in [0.1, 0.15) is 18.3 Å². The molecular weight excluding hydrogens is 629 g/mol. The summed E-state index contributed by atoms with van der Waals surface area (Å²) in [5.41, 5.74) is 0.729. The molecule has 0 fully saturated rings. The fourth-order valence-electron chi connectivity index (χ4n) is 4.30. The molecule has 0 aliphatic heterocycles. The number of benzene rings is 3. The Labute approximate surface area is 268 Å². The number of amides is 2. The molecule has 2 amide bonds. The summed E-state index contributed by atoms with van der Waals surface area (Å²) in [5.74, 6) is -0.168. The third-order valence-corrected chi connectivity index (χ3v) is 8.99. The van der Waals surface area contributed by atoms with Crippen LogP contribution in [0.3, 0.4) is 0 Å². The van der Waals surface area contributed by atoms with Crippen molar-refractivity contribution in [3.63, 3.8) is 0 Å². The molecule has 0 spiro atoms. The van der Waals surface area contributed by atoms with E-state index in [4.69, 9.17) is 37.4 Å². The molecule has 0 saturated heterocycles. The third kappa shape index (κ3) is 8.49. The van der Waals surface area contributed by atoms with Gasteiger partial charge in [0.05, 0.1) is 31.9 Å². The Balaban J connectivity index is 2.13. The molecule has 0 aliphatic carbocycles. The van der Waals surface area contributed by atoms with E-state index in [9.17, 15) is 18.0 Å². The predicted octanol–water partition coefficient (Wildman–Crippen LogP) is 5.40. The molecule has 3 aromatic rings. The number of halogens is 2. The SMILES string of the molecule is COc1ccc(S(=O)(=O)N(CC(=O)N(Cc2ccc(Cl)cc2)C(C)C(=O)NCC(C)C)c2cc(Cl)ccc2OC)cc1OC. The van der Waals surface area contributed by atoms with E-state index in [1.807, 2.05) is 13.8 Å². The Hall–Kier alpha value is -3.67. The van der Waals surface area contributed by atoms with Crippen molar-refractivity contribution < 1.29 is 32.2 Å². The number of hydrogen-bond donors (Lipinski definition) is 1. The number of carbonyl (C=O) groups excluding carboxylic acids is 2. The van der Waals surface area contributed by atoms with Gasteiger partial charge in [0, 0.05) is 29.2 Å².